The van der Waals surface area contributed by atoms with E-state index in [1.54, 1.807) is 21.0 Å². The Bertz CT molecular complexity index is 402. The summed E-state index contributed by atoms with van der Waals surface area (Å²) in [5.41, 5.74) is 5.84. The molecule has 0 saturated carbocycles. The van der Waals surface area contributed by atoms with Crippen molar-refractivity contribution in [2.45, 2.75) is 32.4 Å². The van der Waals surface area contributed by atoms with Crippen molar-refractivity contribution in [2.75, 3.05) is 7.11 Å². The summed E-state index contributed by atoms with van der Waals surface area (Å²) in [6.45, 7) is 5.28. The Morgan fingerprint density at radius 2 is 2.06 bits per heavy atom. The first-order chi connectivity index (χ1) is 7.84. The van der Waals surface area contributed by atoms with E-state index in [-0.39, 0.29) is 24.4 Å². The van der Waals surface area contributed by atoms with E-state index in [1.165, 1.54) is 0 Å². The van der Waals surface area contributed by atoms with Crippen molar-refractivity contribution in [3.05, 3.63) is 29.8 Å². The fraction of sp³-hybridized carbons (Fsp3) is 0.462. The molecule has 0 heterocycles. The molecule has 4 nitrogen and oxygen atoms in total. The highest BCUT2D eigenvalue weighted by molar-refractivity contribution is 5.85. The fourth-order valence-electron chi connectivity index (χ4n) is 1.38. The number of hydrogen-bond acceptors (Lipinski definition) is 3. The average molecular weight is 273 g/mol. The second-order valence-corrected chi connectivity index (χ2v) is 4.69. The molecule has 1 aromatic rings. The van der Waals surface area contributed by atoms with Crippen molar-refractivity contribution in [3.63, 3.8) is 0 Å². The van der Waals surface area contributed by atoms with Crippen LogP contribution < -0.4 is 15.8 Å². The molecule has 1 aromatic carbocycles. The van der Waals surface area contributed by atoms with E-state index >= 15 is 0 Å². The van der Waals surface area contributed by atoms with Crippen LogP contribution in [0.15, 0.2) is 24.3 Å². The molecule has 0 spiro atoms. The molecule has 102 valence electrons. The number of rotatable bonds is 4. The number of carbonyl (C=O) groups excluding carboxylic acids is 1. The van der Waals surface area contributed by atoms with Gasteiger partial charge in [0.1, 0.15) is 5.75 Å². The number of ether oxygens (including phenoxy) is 1. The quantitative estimate of drug-likeness (QED) is 0.882. The van der Waals surface area contributed by atoms with Crippen molar-refractivity contribution >= 4 is 18.3 Å². The molecule has 0 fully saturated rings. The standard InChI is InChI=1S/C13H20N2O2.ClH/c1-9(15-12(16)13(2,3)14)10-6-5-7-11(8-10)17-4;/h5-9H,14H2,1-4H3,(H,15,16);1H. The van der Waals surface area contributed by atoms with Crippen molar-refractivity contribution in [1.29, 1.82) is 0 Å². The third kappa shape index (κ3) is 4.55. The average Bonchev–Trinajstić information content (AvgIpc) is 2.27. The van der Waals surface area contributed by atoms with E-state index < -0.39 is 5.54 Å². The van der Waals surface area contributed by atoms with Gasteiger partial charge in [-0.3, -0.25) is 4.79 Å². The van der Waals surface area contributed by atoms with Gasteiger partial charge >= 0.3 is 0 Å². The van der Waals surface area contributed by atoms with Crippen LogP contribution in [0, 0.1) is 0 Å². The molecule has 3 N–H and O–H groups in total. The highest BCUT2D eigenvalue weighted by atomic mass is 35.5. The third-order valence-electron chi connectivity index (χ3n) is 2.53. The lowest BCUT2D eigenvalue weighted by Crippen LogP contribution is -2.49. The van der Waals surface area contributed by atoms with Crippen molar-refractivity contribution in [1.82, 2.24) is 5.32 Å². The summed E-state index contributed by atoms with van der Waals surface area (Å²) < 4.78 is 5.14. The SMILES string of the molecule is COc1cccc(C(C)NC(=O)C(C)(C)N)c1.Cl. The Morgan fingerprint density at radius 1 is 1.44 bits per heavy atom. The van der Waals surface area contributed by atoms with E-state index in [0.29, 0.717) is 0 Å². The van der Waals surface area contributed by atoms with Crippen LogP contribution in [0.1, 0.15) is 32.4 Å². The van der Waals surface area contributed by atoms with Gasteiger partial charge in [-0.25, -0.2) is 0 Å². The number of nitrogens with two attached hydrogens (primary N) is 1. The van der Waals surface area contributed by atoms with Gasteiger partial charge in [0.05, 0.1) is 18.7 Å². The van der Waals surface area contributed by atoms with Crippen LogP contribution in [0.5, 0.6) is 5.75 Å². The number of halogens is 1. The Balaban J connectivity index is 0.00000289. The summed E-state index contributed by atoms with van der Waals surface area (Å²) in [6, 6.07) is 7.50. The van der Waals surface area contributed by atoms with Gasteiger partial charge in [0, 0.05) is 0 Å². The highest BCUT2D eigenvalue weighted by Crippen LogP contribution is 2.19. The molecule has 5 heteroatoms. The fourth-order valence-corrected chi connectivity index (χ4v) is 1.38. The van der Waals surface area contributed by atoms with Crippen LogP contribution in [0.25, 0.3) is 0 Å². The maximum Gasteiger partial charge on any atom is 0.239 e. The number of benzene rings is 1. The minimum atomic E-state index is -0.868. The van der Waals surface area contributed by atoms with Crippen LogP contribution in [0.2, 0.25) is 0 Å². The van der Waals surface area contributed by atoms with Crippen molar-refractivity contribution < 1.29 is 9.53 Å². The minimum Gasteiger partial charge on any atom is -0.497 e. The maximum absolute atomic E-state index is 11.7. The Labute approximate surface area is 114 Å². The molecule has 1 atom stereocenters. The van der Waals surface area contributed by atoms with E-state index in [2.05, 4.69) is 5.32 Å². The maximum atomic E-state index is 11.7. The zero-order chi connectivity index (χ0) is 13.1. The highest BCUT2D eigenvalue weighted by Gasteiger charge is 2.23. The summed E-state index contributed by atoms with van der Waals surface area (Å²) in [5.74, 6) is 0.600. The van der Waals surface area contributed by atoms with Crippen LogP contribution in [0.4, 0.5) is 0 Å². The van der Waals surface area contributed by atoms with Gasteiger partial charge in [0.2, 0.25) is 5.91 Å². The Morgan fingerprint density at radius 3 is 2.56 bits per heavy atom. The number of carbonyl (C=O) groups is 1. The molecular weight excluding hydrogens is 252 g/mol. The van der Waals surface area contributed by atoms with Gasteiger partial charge < -0.3 is 15.8 Å². The summed E-state index contributed by atoms with van der Waals surface area (Å²) in [5, 5.41) is 2.87. The van der Waals surface area contributed by atoms with Crippen LogP contribution in [-0.4, -0.2) is 18.6 Å². The van der Waals surface area contributed by atoms with Crippen LogP contribution >= 0.6 is 12.4 Å². The van der Waals surface area contributed by atoms with Gasteiger partial charge in [-0.1, -0.05) is 12.1 Å². The van der Waals surface area contributed by atoms with Gasteiger partial charge in [0.15, 0.2) is 0 Å². The topological polar surface area (TPSA) is 64.3 Å². The molecule has 0 bridgehead atoms. The normalized spacial score (nSPS) is 12.3. The number of nitrogens with one attached hydrogen (secondary N) is 1. The van der Waals surface area contributed by atoms with Gasteiger partial charge in [0.25, 0.3) is 0 Å². The summed E-state index contributed by atoms with van der Waals surface area (Å²) in [6.07, 6.45) is 0. The first-order valence-electron chi connectivity index (χ1n) is 5.58. The lowest BCUT2D eigenvalue weighted by Gasteiger charge is -2.22. The molecule has 1 rings (SSSR count). The first-order valence-corrected chi connectivity index (χ1v) is 5.58. The zero-order valence-corrected chi connectivity index (χ0v) is 12.0. The second kappa shape index (κ2) is 6.61. The van der Waals surface area contributed by atoms with Gasteiger partial charge in [-0.2, -0.15) is 0 Å². The summed E-state index contributed by atoms with van der Waals surface area (Å²) in [7, 11) is 1.62. The van der Waals surface area contributed by atoms with E-state index in [9.17, 15) is 4.79 Å². The number of methoxy groups -OCH3 is 1. The third-order valence-corrected chi connectivity index (χ3v) is 2.53. The summed E-state index contributed by atoms with van der Waals surface area (Å²) >= 11 is 0. The smallest absolute Gasteiger partial charge is 0.239 e. The Hall–Kier alpha value is -1.26. The summed E-state index contributed by atoms with van der Waals surface area (Å²) in [4.78, 5) is 11.7. The molecule has 0 radical (unpaired) electrons. The zero-order valence-electron chi connectivity index (χ0n) is 11.2. The lowest BCUT2D eigenvalue weighted by atomic mass is 10.0. The van der Waals surface area contributed by atoms with E-state index in [1.807, 2.05) is 31.2 Å². The number of hydrogen-bond donors (Lipinski definition) is 2. The molecule has 0 aliphatic carbocycles. The van der Waals surface area contributed by atoms with E-state index in [4.69, 9.17) is 10.5 Å². The van der Waals surface area contributed by atoms with E-state index in [0.717, 1.165) is 11.3 Å². The molecule has 1 amide bonds. The number of amides is 1. The molecule has 0 saturated heterocycles. The first kappa shape index (κ1) is 16.7. The van der Waals surface area contributed by atoms with Crippen molar-refractivity contribution in [2.24, 2.45) is 5.73 Å². The molecule has 0 aromatic heterocycles. The second-order valence-electron chi connectivity index (χ2n) is 4.69. The molecule has 18 heavy (non-hydrogen) atoms. The predicted octanol–water partition coefficient (Wildman–Crippen LogP) is 2.03. The van der Waals surface area contributed by atoms with Crippen LogP contribution in [0.3, 0.4) is 0 Å². The lowest BCUT2D eigenvalue weighted by molar-refractivity contribution is -0.125. The minimum absolute atomic E-state index is 0. The predicted molar refractivity (Wildman–Crippen MR) is 75.1 cm³/mol. The van der Waals surface area contributed by atoms with Gasteiger partial charge in [-0.15, -0.1) is 12.4 Å². The Kier molecular flexibility index (Phi) is 6.15. The van der Waals surface area contributed by atoms with Gasteiger partial charge in [-0.05, 0) is 38.5 Å². The largest absolute Gasteiger partial charge is 0.497 e. The monoisotopic (exact) mass is 272 g/mol. The molecule has 0 aliphatic heterocycles. The van der Waals surface area contributed by atoms with Crippen molar-refractivity contribution in [3.8, 4) is 5.75 Å². The molecule has 0 aliphatic rings. The molecular formula is C13H21ClN2O2. The molecule has 1 unspecified atom stereocenters. The van der Waals surface area contributed by atoms with Crippen LogP contribution in [-0.2, 0) is 4.79 Å².